The summed E-state index contributed by atoms with van der Waals surface area (Å²) in [6.45, 7) is 14.4. The molecule has 0 radical (unpaired) electrons. The first-order valence-corrected chi connectivity index (χ1v) is 8.89. The number of nitrogens with zero attached hydrogens (tertiary/aromatic N) is 3. The first-order chi connectivity index (χ1) is 10.8. The molecule has 0 aromatic heterocycles. The average Bonchev–Trinajstić information content (AvgIpc) is 3.01. The second-order valence-corrected chi connectivity index (χ2v) is 6.03. The van der Waals surface area contributed by atoms with E-state index in [0.717, 1.165) is 65.0 Å². The van der Waals surface area contributed by atoms with E-state index in [1.807, 2.05) is 0 Å². The number of rotatable bonds is 7. The molecular weight excluding hydrogens is 405 g/mol. The van der Waals surface area contributed by atoms with Crippen molar-refractivity contribution in [3.8, 4) is 0 Å². The topological polar surface area (TPSA) is 52.1 Å². The van der Waals surface area contributed by atoms with E-state index in [0.29, 0.717) is 6.04 Å². The minimum atomic E-state index is 0. The Kier molecular flexibility index (Phi) is 11.2. The van der Waals surface area contributed by atoms with Crippen molar-refractivity contribution in [1.82, 2.24) is 20.4 Å². The third kappa shape index (κ3) is 7.53. The summed E-state index contributed by atoms with van der Waals surface area (Å²) >= 11 is 0. The van der Waals surface area contributed by atoms with Crippen molar-refractivity contribution < 1.29 is 4.74 Å². The molecule has 2 fully saturated rings. The lowest BCUT2D eigenvalue weighted by Crippen LogP contribution is -2.45. The average molecular weight is 439 g/mol. The molecule has 0 aliphatic carbocycles. The van der Waals surface area contributed by atoms with Crippen molar-refractivity contribution in [3.63, 3.8) is 0 Å². The van der Waals surface area contributed by atoms with Gasteiger partial charge in [0.1, 0.15) is 0 Å². The van der Waals surface area contributed by atoms with Crippen molar-refractivity contribution in [1.29, 1.82) is 0 Å². The van der Waals surface area contributed by atoms with Crippen LogP contribution in [0.3, 0.4) is 0 Å². The molecule has 2 aliphatic heterocycles. The molecule has 0 saturated carbocycles. The second-order valence-electron chi connectivity index (χ2n) is 6.03. The Bertz CT molecular complexity index is 336. The number of halogens is 1. The second kappa shape index (κ2) is 12.3. The van der Waals surface area contributed by atoms with Crippen LogP contribution in [0.4, 0.5) is 0 Å². The van der Waals surface area contributed by atoms with Crippen molar-refractivity contribution in [2.75, 3.05) is 65.6 Å². The zero-order chi connectivity index (χ0) is 15.6. The number of morpholine rings is 1. The predicted molar refractivity (Wildman–Crippen MR) is 107 cm³/mol. The van der Waals surface area contributed by atoms with Gasteiger partial charge in [0.15, 0.2) is 5.96 Å². The van der Waals surface area contributed by atoms with Gasteiger partial charge in [0.25, 0.3) is 0 Å². The highest BCUT2D eigenvalue weighted by Gasteiger charge is 2.22. The molecule has 2 rings (SSSR count). The molecule has 7 heteroatoms. The lowest BCUT2D eigenvalue weighted by atomic mass is 10.2. The van der Waals surface area contributed by atoms with Crippen LogP contribution in [0.25, 0.3) is 0 Å². The van der Waals surface area contributed by atoms with E-state index in [-0.39, 0.29) is 24.0 Å². The highest BCUT2D eigenvalue weighted by molar-refractivity contribution is 14.0. The Morgan fingerprint density at radius 1 is 1.17 bits per heavy atom. The third-order valence-electron chi connectivity index (χ3n) is 4.53. The van der Waals surface area contributed by atoms with Gasteiger partial charge in [-0.3, -0.25) is 14.8 Å². The largest absolute Gasteiger partial charge is 0.379 e. The molecule has 0 bridgehead atoms. The van der Waals surface area contributed by atoms with E-state index in [1.165, 1.54) is 19.4 Å². The maximum atomic E-state index is 5.38. The van der Waals surface area contributed by atoms with Crippen LogP contribution in [0.15, 0.2) is 4.99 Å². The summed E-state index contributed by atoms with van der Waals surface area (Å²) in [6.07, 6.45) is 2.60. The Labute approximate surface area is 158 Å². The number of nitrogens with one attached hydrogen (secondary N) is 2. The Morgan fingerprint density at radius 3 is 2.65 bits per heavy atom. The van der Waals surface area contributed by atoms with Gasteiger partial charge in [-0.2, -0.15) is 0 Å². The van der Waals surface area contributed by atoms with E-state index in [1.54, 1.807) is 0 Å². The van der Waals surface area contributed by atoms with Crippen LogP contribution in [-0.2, 0) is 4.74 Å². The first-order valence-electron chi connectivity index (χ1n) is 8.89. The van der Waals surface area contributed by atoms with Crippen LogP contribution >= 0.6 is 24.0 Å². The monoisotopic (exact) mass is 439 g/mol. The molecule has 6 nitrogen and oxygen atoms in total. The van der Waals surface area contributed by atoms with E-state index in [2.05, 4.69) is 34.3 Å². The fraction of sp³-hybridized carbons (Fsp3) is 0.938. The van der Waals surface area contributed by atoms with Gasteiger partial charge in [-0.1, -0.05) is 6.92 Å². The highest BCUT2D eigenvalue weighted by Crippen LogP contribution is 2.16. The molecule has 0 aromatic rings. The Balaban J connectivity index is 0.00000264. The number of likely N-dealkylation sites (tertiary alicyclic amines) is 1. The van der Waals surface area contributed by atoms with E-state index in [9.17, 15) is 0 Å². The minimum absolute atomic E-state index is 0. The van der Waals surface area contributed by atoms with Crippen molar-refractivity contribution in [2.24, 2.45) is 4.99 Å². The zero-order valence-corrected chi connectivity index (χ0v) is 17.1. The van der Waals surface area contributed by atoms with Crippen LogP contribution in [0.5, 0.6) is 0 Å². The number of ether oxygens (including phenoxy) is 1. The van der Waals surface area contributed by atoms with Crippen molar-refractivity contribution in [2.45, 2.75) is 32.7 Å². The quantitative estimate of drug-likeness (QED) is 0.352. The molecule has 0 aromatic carbocycles. The van der Waals surface area contributed by atoms with Crippen LogP contribution < -0.4 is 10.6 Å². The molecule has 0 spiro atoms. The SMILES string of the molecule is CCNC(=NCC1CCCN1CC)NCCN1CCOCC1.I. The summed E-state index contributed by atoms with van der Waals surface area (Å²) in [5.41, 5.74) is 0. The fourth-order valence-corrected chi connectivity index (χ4v) is 3.21. The van der Waals surface area contributed by atoms with E-state index in [4.69, 9.17) is 9.73 Å². The number of hydrogen-bond acceptors (Lipinski definition) is 4. The molecular formula is C16H34IN5O. The van der Waals surface area contributed by atoms with Gasteiger partial charge < -0.3 is 15.4 Å². The van der Waals surface area contributed by atoms with Gasteiger partial charge in [-0.05, 0) is 32.9 Å². The molecule has 1 unspecified atom stereocenters. The standard InChI is InChI=1S/C16H33N5O.HI/c1-3-17-16(18-7-9-20-10-12-22-13-11-20)19-14-15-6-5-8-21(15)4-2;/h15H,3-14H2,1-2H3,(H2,17,18,19);1H. The summed E-state index contributed by atoms with van der Waals surface area (Å²) in [7, 11) is 0. The molecule has 136 valence electrons. The lowest BCUT2D eigenvalue weighted by molar-refractivity contribution is 0.0389. The van der Waals surface area contributed by atoms with Crippen molar-refractivity contribution >= 4 is 29.9 Å². The highest BCUT2D eigenvalue weighted by atomic mass is 127. The molecule has 23 heavy (non-hydrogen) atoms. The van der Waals surface area contributed by atoms with Gasteiger partial charge in [-0.25, -0.2) is 0 Å². The smallest absolute Gasteiger partial charge is 0.191 e. The number of aliphatic imine (C=N–C) groups is 1. The summed E-state index contributed by atoms with van der Waals surface area (Å²) in [6, 6.07) is 0.625. The molecule has 2 N–H and O–H groups in total. The maximum Gasteiger partial charge on any atom is 0.191 e. The van der Waals surface area contributed by atoms with Gasteiger partial charge >= 0.3 is 0 Å². The molecule has 2 saturated heterocycles. The van der Waals surface area contributed by atoms with E-state index >= 15 is 0 Å². The summed E-state index contributed by atoms with van der Waals surface area (Å²) in [4.78, 5) is 9.77. The third-order valence-corrected chi connectivity index (χ3v) is 4.53. The minimum Gasteiger partial charge on any atom is -0.379 e. The van der Waals surface area contributed by atoms with Gasteiger partial charge in [0, 0.05) is 38.8 Å². The molecule has 2 heterocycles. The summed E-state index contributed by atoms with van der Waals surface area (Å²) in [5, 5.41) is 6.82. The van der Waals surface area contributed by atoms with Gasteiger partial charge in [0.05, 0.1) is 19.8 Å². The number of hydrogen-bond donors (Lipinski definition) is 2. The first kappa shape index (κ1) is 20.9. The predicted octanol–water partition coefficient (Wildman–Crippen LogP) is 0.976. The number of guanidine groups is 1. The van der Waals surface area contributed by atoms with Crippen LogP contribution in [0.2, 0.25) is 0 Å². The van der Waals surface area contributed by atoms with Crippen molar-refractivity contribution in [3.05, 3.63) is 0 Å². The van der Waals surface area contributed by atoms with E-state index < -0.39 is 0 Å². The van der Waals surface area contributed by atoms with Crippen LogP contribution in [0.1, 0.15) is 26.7 Å². The van der Waals surface area contributed by atoms with Crippen LogP contribution in [-0.4, -0.2) is 87.4 Å². The fourth-order valence-electron chi connectivity index (χ4n) is 3.21. The lowest BCUT2D eigenvalue weighted by Gasteiger charge is -2.27. The zero-order valence-electron chi connectivity index (χ0n) is 14.7. The summed E-state index contributed by atoms with van der Waals surface area (Å²) < 4.78 is 5.38. The normalized spacial score (nSPS) is 23.6. The van der Waals surface area contributed by atoms with Gasteiger partial charge in [0.2, 0.25) is 0 Å². The molecule has 2 aliphatic rings. The Hall–Kier alpha value is -0.120. The molecule has 0 amide bonds. The summed E-state index contributed by atoms with van der Waals surface area (Å²) in [5.74, 6) is 0.957. The molecule has 1 atom stereocenters. The number of likely N-dealkylation sites (N-methyl/N-ethyl adjacent to an activating group) is 1. The van der Waals surface area contributed by atoms with Crippen LogP contribution in [0, 0.1) is 0 Å². The van der Waals surface area contributed by atoms with Gasteiger partial charge in [-0.15, -0.1) is 24.0 Å². The Morgan fingerprint density at radius 2 is 1.96 bits per heavy atom. The maximum absolute atomic E-state index is 5.38.